The van der Waals surface area contributed by atoms with Crippen molar-refractivity contribution in [2.75, 3.05) is 7.11 Å². The van der Waals surface area contributed by atoms with Crippen LogP contribution in [-0.4, -0.2) is 44.8 Å². The van der Waals surface area contributed by atoms with Gasteiger partial charge in [-0.05, 0) is 37.4 Å². The van der Waals surface area contributed by atoms with Gasteiger partial charge < -0.3 is 19.6 Å². The third kappa shape index (κ3) is 5.51. The number of benzene rings is 1. The van der Waals surface area contributed by atoms with E-state index in [4.69, 9.17) is 9.26 Å². The SMILES string of the molecule is C=Nc1nc(-c2ccc(OC)cn2)[nH]c1/C(=C\C)c1ccc(CNC(=O)c2nc(C(C)(C)C)no2)c(F)c1. The van der Waals surface area contributed by atoms with Crippen molar-refractivity contribution in [2.45, 2.75) is 39.7 Å². The number of carbonyl (C=O) groups is 1. The number of allylic oxidation sites excluding steroid dienone is 1. The number of nitrogens with one attached hydrogen (secondary N) is 2. The van der Waals surface area contributed by atoms with Gasteiger partial charge >= 0.3 is 11.8 Å². The van der Waals surface area contributed by atoms with Gasteiger partial charge in [0.05, 0.1) is 19.0 Å². The molecule has 3 aromatic heterocycles. The minimum atomic E-state index is -0.579. The molecule has 0 aliphatic heterocycles. The second kappa shape index (κ2) is 10.8. The zero-order chi connectivity index (χ0) is 27.4. The van der Waals surface area contributed by atoms with Gasteiger partial charge in [0.1, 0.15) is 17.3 Å². The molecule has 0 saturated heterocycles. The number of aromatic amines is 1. The summed E-state index contributed by atoms with van der Waals surface area (Å²) in [6, 6.07) is 8.29. The van der Waals surface area contributed by atoms with Gasteiger partial charge in [0.25, 0.3) is 0 Å². The lowest BCUT2D eigenvalue weighted by Crippen LogP contribution is -2.24. The molecule has 4 aromatic rings. The summed E-state index contributed by atoms with van der Waals surface area (Å²) >= 11 is 0. The van der Waals surface area contributed by atoms with Gasteiger partial charge in [-0.15, -0.1) is 0 Å². The van der Waals surface area contributed by atoms with Crippen molar-refractivity contribution in [2.24, 2.45) is 4.99 Å². The van der Waals surface area contributed by atoms with Gasteiger partial charge in [-0.2, -0.15) is 4.98 Å². The van der Waals surface area contributed by atoms with E-state index < -0.39 is 11.7 Å². The quantitative estimate of drug-likeness (QED) is 0.314. The van der Waals surface area contributed by atoms with Gasteiger partial charge in [-0.25, -0.2) is 19.4 Å². The largest absolute Gasteiger partial charge is 0.495 e. The molecule has 1 amide bonds. The molecule has 10 nitrogen and oxygen atoms in total. The van der Waals surface area contributed by atoms with Gasteiger partial charge in [-0.3, -0.25) is 4.79 Å². The fourth-order valence-electron chi connectivity index (χ4n) is 3.61. The molecule has 11 heteroatoms. The molecule has 0 bridgehead atoms. The monoisotopic (exact) mass is 517 g/mol. The summed E-state index contributed by atoms with van der Waals surface area (Å²) in [6.07, 6.45) is 3.41. The van der Waals surface area contributed by atoms with Crippen LogP contribution in [0.25, 0.3) is 17.1 Å². The molecule has 0 spiro atoms. The lowest BCUT2D eigenvalue weighted by Gasteiger charge is -2.11. The zero-order valence-corrected chi connectivity index (χ0v) is 21.8. The first-order chi connectivity index (χ1) is 18.1. The number of methoxy groups -OCH3 is 1. The molecular weight excluding hydrogens is 489 g/mol. The Labute approximate surface area is 219 Å². The summed E-state index contributed by atoms with van der Waals surface area (Å²) in [5, 5.41) is 6.45. The summed E-state index contributed by atoms with van der Waals surface area (Å²) < 4.78 is 25.3. The molecule has 0 unspecified atom stereocenters. The number of hydrogen-bond acceptors (Lipinski definition) is 8. The Balaban J connectivity index is 1.53. The Hall–Kier alpha value is -4.67. The minimum absolute atomic E-state index is 0.0554. The fourth-order valence-corrected chi connectivity index (χ4v) is 3.61. The number of H-pyrrole nitrogens is 1. The highest BCUT2D eigenvalue weighted by Crippen LogP contribution is 2.32. The van der Waals surface area contributed by atoms with Crippen LogP contribution < -0.4 is 10.1 Å². The Morgan fingerprint density at radius 2 is 2.05 bits per heavy atom. The van der Waals surface area contributed by atoms with Crippen LogP contribution in [-0.2, 0) is 12.0 Å². The molecule has 0 aliphatic carbocycles. The van der Waals surface area contributed by atoms with E-state index in [2.05, 4.69) is 42.1 Å². The molecule has 0 atom stereocenters. The Kier molecular flexibility index (Phi) is 7.47. The van der Waals surface area contributed by atoms with Crippen LogP contribution in [0.3, 0.4) is 0 Å². The zero-order valence-electron chi connectivity index (χ0n) is 21.8. The number of imidazole rings is 1. The minimum Gasteiger partial charge on any atom is -0.495 e. The second-order valence-corrected chi connectivity index (χ2v) is 9.39. The molecule has 2 N–H and O–H groups in total. The van der Waals surface area contributed by atoms with Crippen molar-refractivity contribution < 1.29 is 18.4 Å². The van der Waals surface area contributed by atoms with Crippen LogP contribution in [0.5, 0.6) is 5.75 Å². The summed E-state index contributed by atoms with van der Waals surface area (Å²) in [5.41, 5.74) is 2.36. The molecule has 3 heterocycles. The number of aromatic nitrogens is 5. The summed E-state index contributed by atoms with van der Waals surface area (Å²) in [4.78, 5) is 32.6. The highest BCUT2D eigenvalue weighted by molar-refractivity contribution is 5.89. The van der Waals surface area contributed by atoms with Crippen LogP contribution >= 0.6 is 0 Å². The maximum absolute atomic E-state index is 15.1. The summed E-state index contributed by atoms with van der Waals surface area (Å²) in [6.45, 7) is 11.1. The predicted octanol–water partition coefficient (Wildman–Crippen LogP) is 5.01. The third-order valence-corrected chi connectivity index (χ3v) is 5.70. The van der Waals surface area contributed by atoms with E-state index in [1.54, 1.807) is 37.6 Å². The lowest BCUT2D eigenvalue weighted by atomic mass is 9.96. The number of nitrogens with zero attached hydrogens (tertiary/aromatic N) is 5. The van der Waals surface area contributed by atoms with E-state index in [1.807, 2.05) is 33.8 Å². The van der Waals surface area contributed by atoms with Gasteiger partial charge in [0, 0.05) is 23.1 Å². The first-order valence-corrected chi connectivity index (χ1v) is 11.8. The lowest BCUT2D eigenvalue weighted by molar-refractivity contribution is 0.0906. The average Bonchev–Trinajstić information content (AvgIpc) is 3.57. The van der Waals surface area contributed by atoms with Crippen molar-refractivity contribution in [3.8, 4) is 17.3 Å². The van der Waals surface area contributed by atoms with Crippen molar-refractivity contribution in [1.29, 1.82) is 0 Å². The summed E-state index contributed by atoms with van der Waals surface area (Å²) in [5.74, 6) is 0.633. The van der Waals surface area contributed by atoms with Crippen LogP contribution in [0, 0.1) is 5.82 Å². The molecule has 38 heavy (non-hydrogen) atoms. The van der Waals surface area contributed by atoms with E-state index in [1.165, 1.54) is 6.07 Å². The molecule has 0 radical (unpaired) electrons. The van der Waals surface area contributed by atoms with Crippen LogP contribution in [0.1, 0.15) is 61.0 Å². The van der Waals surface area contributed by atoms with Crippen molar-refractivity contribution >= 4 is 24.0 Å². The number of hydrogen-bond donors (Lipinski definition) is 2. The number of ether oxygens (including phenoxy) is 1. The Bertz CT molecular complexity index is 1500. The Morgan fingerprint density at radius 1 is 1.26 bits per heavy atom. The highest BCUT2D eigenvalue weighted by Gasteiger charge is 2.24. The van der Waals surface area contributed by atoms with Crippen LogP contribution in [0.15, 0.2) is 52.1 Å². The normalized spacial score (nSPS) is 11.9. The van der Waals surface area contributed by atoms with Crippen LogP contribution in [0.4, 0.5) is 10.2 Å². The first-order valence-electron chi connectivity index (χ1n) is 11.8. The van der Waals surface area contributed by atoms with Gasteiger partial charge in [-0.1, -0.05) is 44.1 Å². The Morgan fingerprint density at radius 3 is 2.63 bits per heavy atom. The number of pyridine rings is 1. The van der Waals surface area contributed by atoms with Crippen molar-refractivity contribution in [3.05, 3.63) is 77.0 Å². The first kappa shape index (κ1) is 26.4. The predicted molar refractivity (Wildman–Crippen MR) is 141 cm³/mol. The molecule has 196 valence electrons. The number of aliphatic imine (C=N–C) groups is 1. The van der Waals surface area contributed by atoms with E-state index in [9.17, 15) is 4.79 Å². The van der Waals surface area contributed by atoms with E-state index in [0.717, 1.165) is 0 Å². The maximum Gasteiger partial charge on any atom is 0.315 e. The van der Waals surface area contributed by atoms with E-state index in [-0.39, 0.29) is 17.9 Å². The van der Waals surface area contributed by atoms with Gasteiger partial charge in [0.2, 0.25) is 0 Å². The molecule has 4 rings (SSSR count). The standard InChI is InChI=1S/C27H28FN7O3/c1-7-18(21-23(29-5)33-22(32-21)20-11-10-17(37-6)14-30-20)15-8-9-16(19(28)12-15)13-31-24(36)25-34-26(35-38-25)27(2,3)4/h7-12,14H,5,13H2,1-4,6H3,(H,31,36)(H,32,33)/b18-7-. The van der Waals surface area contributed by atoms with E-state index in [0.29, 0.717) is 51.3 Å². The number of rotatable bonds is 8. The molecular formula is C27H28FN7O3. The topological polar surface area (TPSA) is 131 Å². The van der Waals surface area contributed by atoms with Gasteiger partial charge in [0.15, 0.2) is 17.5 Å². The molecule has 0 fully saturated rings. The molecule has 0 saturated carbocycles. The van der Waals surface area contributed by atoms with Crippen molar-refractivity contribution in [1.82, 2.24) is 30.4 Å². The third-order valence-electron chi connectivity index (χ3n) is 5.70. The smallest absolute Gasteiger partial charge is 0.315 e. The summed E-state index contributed by atoms with van der Waals surface area (Å²) in [7, 11) is 1.56. The maximum atomic E-state index is 15.1. The highest BCUT2D eigenvalue weighted by atomic mass is 19.1. The van der Waals surface area contributed by atoms with Crippen LogP contribution in [0.2, 0.25) is 0 Å². The number of carbonyl (C=O) groups excluding carboxylic acids is 1. The fraction of sp³-hybridized carbons (Fsp3) is 0.259. The average molecular weight is 518 g/mol. The molecule has 0 aliphatic rings. The van der Waals surface area contributed by atoms with E-state index >= 15 is 4.39 Å². The molecule has 1 aromatic carbocycles. The van der Waals surface area contributed by atoms with Crippen molar-refractivity contribution in [3.63, 3.8) is 0 Å². The number of amides is 1. The second-order valence-electron chi connectivity index (χ2n) is 9.39. The number of halogens is 1.